The minimum atomic E-state index is -0.00923. The van der Waals surface area contributed by atoms with Gasteiger partial charge in [0.1, 0.15) is 18.2 Å². The van der Waals surface area contributed by atoms with Crippen LogP contribution in [0.4, 0.5) is 5.69 Å². The summed E-state index contributed by atoms with van der Waals surface area (Å²) in [5.74, 6) is 1.79. The molecule has 1 aliphatic rings. The molecule has 1 aromatic heterocycles. The summed E-state index contributed by atoms with van der Waals surface area (Å²) >= 11 is 0. The largest absolute Gasteiger partial charge is 0.491 e. The SMILES string of the molecule is CCc1nccn1CCC(=O)Nc1ccc(OCC2CCCCO2)cc1. The zero-order chi connectivity index (χ0) is 18.2. The van der Waals surface area contributed by atoms with Crippen molar-refractivity contribution < 1.29 is 14.3 Å². The van der Waals surface area contributed by atoms with Gasteiger partial charge in [-0.15, -0.1) is 0 Å². The van der Waals surface area contributed by atoms with Gasteiger partial charge in [0.05, 0.1) is 6.10 Å². The molecule has 0 radical (unpaired) electrons. The predicted octanol–water partition coefficient (Wildman–Crippen LogP) is 3.42. The fourth-order valence-electron chi connectivity index (χ4n) is 3.07. The highest BCUT2D eigenvalue weighted by atomic mass is 16.5. The number of carbonyl (C=O) groups excluding carboxylic acids is 1. The second-order valence-electron chi connectivity index (χ2n) is 6.51. The predicted molar refractivity (Wildman–Crippen MR) is 100 cm³/mol. The number of amides is 1. The average molecular weight is 357 g/mol. The molecule has 1 saturated heterocycles. The summed E-state index contributed by atoms with van der Waals surface area (Å²) in [5, 5.41) is 2.92. The highest BCUT2D eigenvalue weighted by Crippen LogP contribution is 2.18. The van der Waals surface area contributed by atoms with Crippen molar-refractivity contribution in [2.24, 2.45) is 0 Å². The molecular formula is C20H27N3O3. The Morgan fingerprint density at radius 2 is 2.19 bits per heavy atom. The molecule has 2 heterocycles. The van der Waals surface area contributed by atoms with Crippen molar-refractivity contribution in [3.8, 4) is 5.75 Å². The van der Waals surface area contributed by atoms with E-state index in [1.54, 1.807) is 6.20 Å². The van der Waals surface area contributed by atoms with E-state index in [1.165, 1.54) is 6.42 Å². The monoisotopic (exact) mass is 357 g/mol. The molecule has 6 nitrogen and oxygen atoms in total. The van der Waals surface area contributed by atoms with Crippen molar-refractivity contribution in [2.75, 3.05) is 18.5 Å². The van der Waals surface area contributed by atoms with Crippen molar-refractivity contribution in [3.63, 3.8) is 0 Å². The molecule has 1 fully saturated rings. The van der Waals surface area contributed by atoms with Gasteiger partial charge >= 0.3 is 0 Å². The van der Waals surface area contributed by atoms with Crippen LogP contribution in [0.15, 0.2) is 36.7 Å². The van der Waals surface area contributed by atoms with Crippen LogP contribution in [0.25, 0.3) is 0 Å². The quantitative estimate of drug-likeness (QED) is 0.786. The van der Waals surface area contributed by atoms with Crippen molar-refractivity contribution in [3.05, 3.63) is 42.5 Å². The maximum Gasteiger partial charge on any atom is 0.226 e. The molecule has 2 aromatic rings. The minimum absolute atomic E-state index is 0.00923. The van der Waals surface area contributed by atoms with Gasteiger partial charge in [-0.3, -0.25) is 4.79 Å². The fourth-order valence-corrected chi connectivity index (χ4v) is 3.07. The summed E-state index contributed by atoms with van der Waals surface area (Å²) in [6.07, 6.45) is 8.57. The maximum atomic E-state index is 12.1. The highest BCUT2D eigenvalue weighted by Gasteiger charge is 2.14. The number of hydrogen-bond acceptors (Lipinski definition) is 4. The molecule has 1 unspecified atom stereocenters. The smallest absolute Gasteiger partial charge is 0.226 e. The van der Waals surface area contributed by atoms with E-state index in [1.807, 2.05) is 35.0 Å². The molecule has 3 rings (SSSR count). The Morgan fingerprint density at radius 1 is 1.35 bits per heavy atom. The summed E-state index contributed by atoms with van der Waals surface area (Å²) in [6.45, 7) is 4.11. The van der Waals surface area contributed by atoms with E-state index in [4.69, 9.17) is 9.47 Å². The summed E-state index contributed by atoms with van der Waals surface area (Å²) < 4.78 is 13.5. The van der Waals surface area contributed by atoms with E-state index < -0.39 is 0 Å². The van der Waals surface area contributed by atoms with Gasteiger partial charge in [-0.25, -0.2) is 4.98 Å². The van der Waals surface area contributed by atoms with Crippen LogP contribution in [-0.4, -0.2) is 34.8 Å². The van der Waals surface area contributed by atoms with Crippen LogP contribution in [0.1, 0.15) is 38.4 Å². The Labute approximate surface area is 154 Å². The summed E-state index contributed by atoms with van der Waals surface area (Å²) in [4.78, 5) is 16.4. The third-order valence-electron chi connectivity index (χ3n) is 4.55. The number of aryl methyl sites for hydroxylation is 2. The first-order chi connectivity index (χ1) is 12.7. The van der Waals surface area contributed by atoms with Crippen molar-refractivity contribution in [2.45, 2.75) is 51.7 Å². The lowest BCUT2D eigenvalue weighted by Gasteiger charge is -2.22. The number of carbonyl (C=O) groups is 1. The molecule has 6 heteroatoms. The van der Waals surface area contributed by atoms with Crippen LogP contribution in [0.3, 0.4) is 0 Å². The van der Waals surface area contributed by atoms with E-state index in [-0.39, 0.29) is 12.0 Å². The van der Waals surface area contributed by atoms with Crippen molar-refractivity contribution in [1.29, 1.82) is 0 Å². The maximum absolute atomic E-state index is 12.1. The summed E-state index contributed by atoms with van der Waals surface area (Å²) in [6, 6.07) is 7.49. The van der Waals surface area contributed by atoms with Crippen LogP contribution < -0.4 is 10.1 Å². The standard InChI is InChI=1S/C20H27N3O3/c1-2-19-21-11-13-23(19)12-10-20(24)22-16-6-8-17(9-7-16)26-15-18-5-3-4-14-25-18/h6-9,11,13,18H,2-5,10,12,14-15H2,1H3,(H,22,24). The number of anilines is 1. The number of nitrogens with one attached hydrogen (secondary N) is 1. The van der Waals surface area contributed by atoms with Gasteiger partial charge in [0.25, 0.3) is 0 Å². The van der Waals surface area contributed by atoms with Crippen LogP contribution in [0, 0.1) is 0 Å². The second kappa shape index (κ2) is 9.38. The minimum Gasteiger partial charge on any atom is -0.491 e. The Bertz CT molecular complexity index is 691. The van der Waals surface area contributed by atoms with E-state index >= 15 is 0 Å². The van der Waals surface area contributed by atoms with Gasteiger partial charge in [0, 0.05) is 44.1 Å². The number of benzene rings is 1. The molecule has 1 aromatic carbocycles. The molecular weight excluding hydrogens is 330 g/mol. The summed E-state index contributed by atoms with van der Waals surface area (Å²) in [5.41, 5.74) is 0.776. The molecule has 26 heavy (non-hydrogen) atoms. The molecule has 140 valence electrons. The number of imidazole rings is 1. The second-order valence-corrected chi connectivity index (χ2v) is 6.51. The van der Waals surface area contributed by atoms with Gasteiger partial charge in [-0.05, 0) is 43.5 Å². The van der Waals surface area contributed by atoms with E-state index in [2.05, 4.69) is 17.2 Å². The number of rotatable bonds is 8. The third kappa shape index (κ3) is 5.33. The lowest BCUT2D eigenvalue weighted by Crippen LogP contribution is -2.25. The zero-order valence-corrected chi connectivity index (χ0v) is 15.3. The van der Waals surface area contributed by atoms with Crippen LogP contribution in [-0.2, 0) is 22.5 Å². The van der Waals surface area contributed by atoms with Gasteiger partial charge in [-0.1, -0.05) is 6.92 Å². The lowest BCUT2D eigenvalue weighted by atomic mass is 10.1. The molecule has 0 spiro atoms. The molecule has 0 bridgehead atoms. The average Bonchev–Trinajstić information content (AvgIpc) is 3.14. The molecule has 1 aliphatic heterocycles. The van der Waals surface area contributed by atoms with Gasteiger partial charge < -0.3 is 19.4 Å². The molecule has 1 N–H and O–H groups in total. The van der Waals surface area contributed by atoms with E-state index in [0.717, 1.165) is 43.1 Å². The van der Waals surface area contributed by atoms with Crippen molar-refractivity contribution in [1.82, 2.24) is 9.55 Å². The Kier molecular flexibility index (Phi) is 6.66. The number of aromatic nitrogens is 2. The van der Waals surface area contributed by atoms with Gasteiger partial charge in [0.15, 0.2) is 0 Å². The molecule has 1 atom stereocenters. The number of nitrogens with zero attached hydrogens (tertiary/aromatic N) is 2. The third-order valence-corrected chi connectivity index (χ3v) is 4.55. The first-order valence-corrected chi connectivity index (χ1v) is 9.39. The number of hydrogen-bond donors (Lipinski definition) is 1. The number of ether oxygens (including phenoxy) is 2. The first kappa shape index (κ1) is 18.5. The zero-order valence-electron chi connectivity index (χ0n) is 15.3. The lowest BCUT2D eigenvalue weighted by molar-refractivity contribution is -0.116. The Hall–Kier alpha value is -2.34. The highest BCUT2D eigenvalue weighted by molar-refractivity contribution is 5.90. The normalized spacial score (nSPS) is 17.0. The van der Waals surface area contributed by atoms with Crippen LogP contribution in [0.5, 0.6) is 5.75 Å². The molecule has 1 amide bonds. The Balaban J connectivity index is 1.42. The van der Waals surface area contributed by atoms with Crippen LogP contribution >= 0.6 is 0 Å². The molecule has 0 saturated carbocycles. The van der Waals surface area contributed by atoms with Crippen molar-refractivity contribution >= 4 is 11.6 Å². The van der Waals surface area contributed by atoms with E-state index in [9.17, 15) is 4.79 Å². The van der Waals surface area contributed by atoms with E-state index in [0.29, 0.717) is 19.6 Å². The fraction of sp³-hybridized carbons (Fsp3) is 0.500. The topological polar surface area (TPSA) is 65.4 Å². The van der Waals surface area contributed by atoms with Crippen LogP contribution in [0.2, 0.25) is 0 Å². The first-order valence-electron chi connectivity index (χ1n) is 9.39. The Morgan fingerprint density at radius 3 is 2.92 bits per heavy atom. The summed E-state index contributed by atoms with van der Waals surface area (Å²) in [7, 11) is 0. The molecule has 0 aliphatic carbocycles. The van der Waals surface area contributed by atoms with Gasteiger partial charge in [-0.2, -0.15) is 0 Å². The van der Waals surface area contributed by atoms with Gasteiger partial charge in [0.2, 0.25) is 5.91 Å².